The highest BCUT2D eigenvalue weighted by Gasteiger charge is 2.36. The van der Waals surface area contributed by atoms with E-state index < -0.39 is 5.60 Å². The molecule has 5 rings (SSSR count). The second kappa shape index (κ2) is 7.61. The molecule has 3 heterocycles. The fourth-order valence-corrected chi connectivity index (χ4v) is 4.24. The van der Waals surface area contributed by atoms with Crippen molar-refractivity contribution in [1.82, 2.24) is 19.9 Å². The number of aromatic nitrogens is 4. The molecule has 6 nitrogen and oxygen atoms in total. The Morgan fingerprint density at radius 2 is 1.74 bits per heavy atom. The van der Waals surface area contributed by atoms with Gasteiger partial charge in [-0.1, -0.05) is 36.4 Å². The van der Waals surface area contributed by atoms with E-state index in [2.05, 4.69) is 35.9 Å². The van der Waals surface area contributed by atoms with Crippen LogP contribution >= 0.6 is 15.9 Å². The van der Waals surface area contributed by atoms with Gasteiger partial charge in [0.25, 0.3) is 0 Å². The first-order valence-electron chi connectivity index (χ1n) is 9.61. The number of pyridine rings is 2. The molecule has 0 radical (unpaired) electrons. The molecule has 1 atom stereocenters. The predicted octanol–water partition coefficient (Wildman–Crippen LogP) is 4.36. The third-order valence-electron chi connectivity index (χ3n) is 5.36. The molecule has 0 amide bonds. The lowest BCUT2D eigenvalue weighted by atomic mass is 9.83. The highest BCUT2D eigenvalue weighted by atomic mass is 79.9. The Balaban J connectivity index is 1.80. The lowest BCUT2D eigenvalue weighted by molar-refractivity contribution is 0.121. The first-order chi connectivity index (χ1) is 15.1. The maximum absolute atomic E-state index is 12.3. The summed E-state index contributed by atoms with van der Waals surface area (Å²) >= 11 is 3.44. The van der Waals surface area contributed by atoms with Crippen LogP contribution in [0.4, 0.5) is 0 Å². The summed E-state index contributed by atoms with van der Waals surface area (Å²) in [5.74, 6) is 0. The Hall–Kier alpha value is -3.55. The molecule has 0 saturated heterocycles. The quantitative estimate of drug-likeness (QED) is 0.362. The van der Waals surface area contributed by atoms with Gasteiger partial charge in [0.15, 0.2) is 5.60 Å². The van der Waals surface area contributed by atoms with Gasteiger partial charge in [0.2, 0.25) is 5.56 Å². The van der Waals surface area contributed by atoms with Crippen molar-refractivity contribution in [2.75, 3.05) is 0 Å². The summed E-state index contributed by atoms with van der Waals surface area (Å²) in [6, 6.07) is 18.6. The van der Waals surface area contributed by atoms with Crippen molar-refractivity contribution in [1.29, 1.82) is 0 Å². The van der Waals surface area contributed by atoms with Crippen molar-refractivity contribution in [2.45, 2.75) is 5.60 Å². The van der Waals surface area contributed by atoms with Crippen LogP contribution in [0.2, 0.25) is 0 Å². The average molecular weight is 473 g/mol. The lowest BCUT2D eigenvalue weighted by Gasteiger charge is -2.28. The molecule has 1 unspecified atom stereocenters. The largest absolute Gasteiger partial charge is 0.374 e. The summed E-state index contributed by atoms with van der Waals surface area (Å²) < 4.78 is 0.748. The number of nitrogens with one attached hydrogen (secondary N) is 2. The van der Waals surface area contributed by atoms with Crippen LogP contribution in [0.3, 0.4) is 0 Å². The fraction of sp³-hybridized carbons (Fsp3) is 0.0417. The molecule has 7 heteroatoms. The fourth-order valence-electron chi connectivity index (χ4n) is 3.88. The van der Waals surface area contributed by atoms with Crippen molar-refractivity contribution < 1.29 is 5.11 Å². The SMILES string of the molecule is O=c1cc(-c2ccccc2)c2cc(C(O)(c3cncc(Br)c3)c3cnc[nH]3)ccc2[nH]1. The van der Waals surface area contributed by atoms with E-state index in [1.807, 2.05) is 48.5 Å². The molecule has 0 aliphatic carbocycles. The molecule has 2 aromatic carbocycles. The summed E-state index contributed by atoms with van der Waals surface area (Å²) in [6.07, 6.45) is 6.41. The van der Waals surface area contributed by atoms with Gasteiger partial charge in [-0.2, -0.15) is 0 Å². The topological polar surface area (TPSA) is 94.7 Å². The van der Waals surface area contributed by atoms with E-state index >= 15 is 0 Å². The number of halogens is 1. The van der Waals surface area contributed by atoms with Crippen molar-refractivity contribution in [3.63, 3.8) is 0 Å². The van der Waals surface area contributed by atoms with Gasteiger partial charge in [-0.25, -0.2) is 4.98 Å². The second-order valence-corrected chi connectivity index (χ2v) is 8.16. The van der Waals surface area contributed by atoms with Crippen molar-refractivity contribution in [2.24, 2.45) is 0 Å². The molecule has 0 aliphatic heterocycles. The van der Waals surface area contributed by atoms with E-state index in [9.17, 15) is 9.90 Å². The first-order valence-corrected chi connectivity index (χ1v) is 10.4. The number of hydrogen-bond acceptors (Lipinski definition) is 4. The number of hydrogen-bond donors (Lipinski definition) is 3. The number of aliphatic hydroxyl groups is 1. The average Bonchev–Trinajstić information content (AvgIpc) is 3.34. The molecule has 31 heavy (non-hydrogen) atoms. The number of H-pyrrole nitrogens is 2. The number of aromatic amines is 2. The normalized spacial score (nSPS) is 13.2. The molecule has 3 aromatic heterocycles. The number of fused-ring (bicyclic) bond motifs is 1. The van der Waals surface area contributed by atoms with Gasteiger partial charge in [0, 0.05) is 39.4 Å². The predicted molar refractivity (Wildman–Crippen MR) is 123 cm³/mol. The standard InChI is InChI=1S/C24H17BrN4O2/c25-18-8-17(11-26-12-18)24(31,22-13-27-14-28-22)16-6-7-21-20(9-16)19(10-23(30)29-21)15-4-2-1-3-5-15/h1-14,31H,(H,27,28)(H,29,30). The van der Waals surface area contributed by atoms with Crippen LogP contribution in [-0.4, -0.2) is 25.0 Å². The van der Waals surface area contributed by atoms with Crippen LogP contribution in [0.5, 0.6) is 0 Å². The molecular weight excluding hydrogens is 456 g/mol. The van der Waals surface area contributed by atoms with Crippen molar-refractivity contribution >= 4 is 26.8 Å². The van der Waals surface area contributed by atoms with Gasteiger partial charge in [-0.15, -0.1) is 0 Å². The Kier molecular flexibility index (Phi) is 4.77. The summed E-state index contributed by atoms with van der Waals surface area (Å²) in [5.41, 5.74) is 2.41. The highest BCUT2D eigenvalue weighted by molar-refractivity contribution is 9.10. The maximum atomic E-state index is 12.3. The van der Waals surface area contributed by atoms with Crippen molar-refractivity contribution in [3.8, 4) is 11.1 Å². The molecule has 0 fully saturated rings. The minimum atomic E-state index is -1.52. The summed E-state index contributed by atoms with van der Waals surface area (Å²) in [7, 11) is 0. The molecule has 5 aromatic rings. The van der Waals surface area contributed by atoms with Gasteiger partial charge in [-0.3, -0.25) is 9.78 Å². The van der Waals surface area contributed by atoms with Gasteiger partial charge < -0.3 is 15.1 Å². The van der Waals surface area contributed by atoms with Crippen LogP contribution in [0.1, 0.15) is 16.8 Å². The van der Waals surface area contributed by atoms with Gasteiger partial charge >= 0.3 is 0 Å². The summed E-state index contributed by atoms with van der Waals surface area (Å²) in [5, 5.41) is 12.8. The number of imidazole rings is 1. The molecular formula is C24H17BrN4O2. The Morgan fingerprint density at radius 3 is 2.48 bits per heavy atom. The lowest BCUT2D eigenvalue weighted by Crippen LogP contribution is -2.29. The van der Waals surface area contributed by atoms with E-state index in [0.717, 1.165) is 21.0 Å². The molecule has 0 spiro atoms. The van der Waals surface area contributed by atoms with E-state index in [1.165, 1.54) is 6.33 Å². The molecule has 0 saturated carbocycles. The van der Waals surface area contributed by atoms with Crippen LogP contribution in [0.15, 0.2) is 94.8 Å². The van der Waals surface area contributed by atoms with Gasteiger partial charge in [-0.05, 0) is 50.8 Å². The van der Waals surface area contributed by atoms with Crippen LogP contribution in [0.25, 0.3) is 22.0 Å². The zero-order valence-electron chi connectivity index (χ0n) is 16.2. The highest BCUT2D eigenvalue weighted by Crippen LogP contribution is 2.38. The van der Waals surface area contributed by atoms with E-state index in [4.69, 9.17) is 0 Å². The molecule has 3 N–H and O–H groups in total. The Morgan fingerprint density at radius 1 is 0.903 bits per heavy atom. The minimum absolute atomic E-state index is 0.181. The van der Waals surface area contributed by atoms with Crippen molar-refractivity contribution in [3.05, 3.63) is 117 Å². The van der Waals surface area contributed by atoms with E-state index in [1.54, 1.807) is 30.7 Å². The van der Waals surface area contributed by atoms with Crippen LogP contribution < -0.4 is 5.56 Å². The second-order valence-electron chi connectivity index (χ2n) is 7.24. The Labute approximate surface area is 185 Å². The maximum Gasteiger partial charge on any atom is 0.249 e. The minimum Gasteiger partial charge on any atom is -0.374 e. The third kappa shape index (κ3) is 3.37. The Bertz CT molecular complexity index is 1430. The number of nitrogens with zero attached hydrogens (tertiary/aromatic N) is 2. The van der Waals surface area contributed by atoms with Gasteiger partial charge in [0.05, 0.1) is 18.2 Å². The van der Waals surface area contributed by atoms with E-state index in [-0.39, 0.29) is 5.56 Å². The zero-order valence-corrected chi connectivity index (χ0v) is 17.8. The molecule has 0 aliphatic rings. The molecule has 0 bridgehead atoms. The summed E-state index contributed by atoms with van der Waals surface area (Å²) in [6.45, 7) is 0. The smallest absolute Gasteiger partial charge is 0.249 e. The monoisotopic (exact) mass is 472 g/mol. The summed E-state index contributed by atoms with van der Waals surface area (Å²) in [4.78, 5) is 26.5. The zero-order chi connectivity index (χ0) is 21.4. The van der Waals surface area contributed by atoms with E-state index in [0.29, 0.717) is 22.3 Å². The third-order valence-corrected chi connectivity index (χ3v) is 5.79. The number of benzene rings is 2. The van der Waals surface area contributed by atoms with Gasteiger partial charge in [0.1, 0.15) is 0 Å². The van der Waals surface area contributed by atoms with Crippen LogP contribution in [0, 0.1) is 0 Å². The number of rotatable bonds is 4. The molecule has 152 valence electrons. The van der Waals surface area contributed by atoms with Crippen LogP contribution in [-0.2, 0) is 5.60 Å². The first kappa shape index (κ1) is 19.4.